The third-order valence-corrected chi connectivity index (χ3v) is 4.25. The van der Waals surface area contributed by atoms with E-state index in [1.54, 1.807) is 9.55 Å². The van der Waals surface area contributed by atoms with Gasteiger partial charge in [0.1, 0.15) is 0 Å². The normalized spacial score (nSPS) is 14.4. The number of imide groups is 1. The summed E-state index contributed by atoms with van der Waals surface area (Å²) in [5, 5.41) is 2.35. The minimum Gasteiger partial charge on any atom is -0.481 e. The molecule has 1 aromatic heterocycles. The van der Waals surface area contributed by atoms with E-state index in [1.165, 1.54) is 34.1 Å². The van der Waals surface area contributed by atoms with Crippen molar-refractivity contribution >= 4 is 34.0 Å². The average molecular weight is 400 g/mol. The van der Waals surface area contributed by atoms with Crippen molar-refractivity contribution in [2.45, 2.75) is 13.8 Å². The van der Waals surface area contributed by atoms with Crippen LogP contribution in [-0.2, 0) is 19.8 Å². The number of carbonyl (C=O) groups is 3. The highest BCUT2D eigenvalue weighted by Crippen LogP contribution is 2.18. The van der Waals surface area contributed by atoms with Crippen molar-refractivity contribution in [3.05, 3.63) is 17.2 Å². The van der Waals surface area contributed by atoms with Crippen molar-refractivity contribution in [3.63, 3.8) is 0 Å². The number of aromatic nitrogens is 2. The fourth-order valence-electron chi connectivity index (χ4n) is 1.89. The molecule has 2 heterocycles. The van der Waals surface area contributed by atoms with Crippen LogP contribution in [0.15, 0.2) is 17.2 Å². The van der Waals surface area contributed by atoms with Gasteiger partial charge >= 0.3 is 16.2 Å². The molecule has 27 heavy (non-hydrogen) atoms. The van der Waals surface area contributed by atoms with Crippen LogP contribution in [-0.4, -0.2) is 55.5 Å². The Morgan fingerprint density at radius 3 is 1.96 bits per heavy atom. The molecule has 0 aliphatic carbocycles. The maximum absolute atomic E-state index is 12.0. The summed E-state index contributed by atoms with van der Waals surface area (Å²) in [6.07, 6.45) is 0. The largest absolute Gasteiger partial charge is 0.481 e. The smallest absolute Gasteiger partial charge is 0.336 e. The van der Waals surface area contributed by atoms with Crippen LogP contribution in [0.2, 0.25) is 0 Å². The van der Waals surface area contributed by atoms with Crippen molar-refractivity contribution < 1.29 is 32.3 Å². The Hall–Kier alpha value is -3.26. The van der Waals surface area contributed by atoms with Gasteiger partial charge < -0.3 is 9.47 Å². The number of nitrogens with one attached hydrogen (secondary N) is 3. The Morgan fingerprint density at radius 1 is 1.04 bits per heavy atom. The molecule has 0 fully saturated rings. The first kappa shape index (κ1) is 20.1. The standard InChI is InChI=1S/C13H16N6O7S/c1-6-7(2)11(21)19(10(6)20)18-27(23,24)17-13(22)16-12-14-8(25-3)5-9(15-12)26-4/h5,18H,1-4H3,(H2,14,15,16,17,22). The van der Waals surface area contributed by atoms with E-state index in [9.17, 15) is 22.8 Å². The molecule has 13 nitrogen and oxygen atoms in total. The molecule has 0 saturated carbocycles. The SMILES string of the molecule is COc1cc(OC)nc(NC(=O)NS(=O)(=O)NN2C(=O)C(C)=C(C)C2=O)n1. The molecule has 146 valence electrons. The van der Waals surface area contributed by atoms with Crippen molar-refractivity contribution in [1.29, 1.82) is 0 Å². The Kier molecular flexibility index (Phi) is 5.61. The van der Waals surface area contributed by atoms with E-state index in [1.807, 2.05) is 0 Å². The number of rotatable bonds is 6. The lowest BCUT2D eigenvalue weighted by Gasteiger charge is -2.16. The van der Waals surface area contributed by atoms with Crippen molar-refractivity contribution in [1.82, 2.24) is 24.5 Å². The van der Waals surface area contributed by atoms with E-state index >= 15 is 0 Å². The van der Waals surface area contributed by atoms with Crippen LogP contribution >= 0.6 is 0 Å². The molecule has 0 saturated heterocycles. The van der Waals surface area contributed by atoms with Gasteiger partial charge in [-0.25, -0.2) is 9.52 Å². The van der Waals surface area contributed by atoms with E-state index in [0.717, 1.165) is 0 Å². The molecule has 14 heteroatoms. The quantitative estimate of drug-likeness (QED) is 0.511. The average Bonchev–Trinajstić information content (AvgIpc) is 2.78. The minimum atomic E-state index is -4.60. The van der Waals surface area contributed by atoms with E-state index in [-0.39, 0.29) is 33.9 Å². The predicted molar refractivity (Wildman–Crippen MR) is 89.6 cm³/mol. The number of hydrazine groups is 1. The van der Waals surface area contributed by atoms with Crippen molar-refractivity contribution in [2.75, 3.05) is 19.5 Å². The van der Waals surface area contributed by atoms with Gasteiger partial charge in [0.15, 0.2) is 0 Å². The third kappa shape index (κ3) is 4.48. The van der Waals surface area contributed by atoms with Gasteiger partial charge in [0.2, 0.25) is 17.7 Å². The lowest BCUT2D eigenvalue weighted by molar-refractivity contribution is -0.139. The minimum absolute atomic E-state index is 0.0587. The zero-order valence-corrected chi connectivity index (χ0v) is 15.5. The summed E-state index contributed by atoms with van der Waals surface area (Å²) in [5.41, 5.74) is 0.174. The molecular weight excluding hydrogens is 384 g/mol. The van der Waals surface area contributed by atoms with Gasteiger partial charge in [0.05, 0.1) is 20.3 Å². The number of urea groups is 1. The summed E-state index contributed by atoms with van der Waals surface area (Å²) < 4.78 is 35.3. The molecule has 0 bridgehead atoms. The van der Waals surface area contributed by atoms with Crippen LogP contribution in [0.25, 0.3) is 0 Å². The molecule has 0 atom stereocenters. The lowest BCUT2D eigenvalue weighted by atomic mass is 10.2. The second-order valence-corrected chi connectivity index (χ2v) is 6.52. The second kappa shape index (κ2) is 7.55. The van der Waals surface area contributed by atoms with Crippen LogP contribution in [0.5, 0.6) is 11.8 Å². The highest BCUT2D eigenvalue weighted by atomic mass is 32.2. The molecule has 2 rings (SSSR count). The molecule has 0 spiro atoms. The van der Waals surface area contributed by atoms with Crippen LogP contribution in [0, 0.1) is 0 Å². The Balaban J connectivity index is 2.07. The molecule has 0 aromatic carbocycles. The summed E-state index contributed by atoms with van der Waals surface area (Å²) in [5.74, 6) is -1.87. The first-order valence-corrected chi connectivity index (χ1v) is 8.70. The van der Waals surface area contributed by atoms with Crippen LogP contribution in [0.3, 0.4) is 0 Å². The zero-order valence-electron chi connectivity index (χ0n) is 14.7. The predicted octanol–water partition coefficient (Wildman–Crippen LogP) is -0.930. The Morgan fingerprint density at radius 2 is 1.52 bits per heavy atom. The number of carbonyl (C=O) groups excluding carboxylic acids is 3. The van der Waals surface area contributed by atoms with E-state index in [4.69, 9.17) is 9.47 Å². The maximum atomic E-state index is 12.0. The Bertz CT molecular complexity index is 896. The summed E-state index contributed by atoms with van der Waals surface area (Å²) in [4.78, 5) is 44.9. The van der Waals surface area contributed by atoms with Crippen LogP contribution in [0.4, 0.5) is 10.7 Å². The molecule has 1 aromatic rings. The fourth-order valence-corrected chi connectivity index (χ4v) is 2.64. The van der Waals surface area contributed by atoms with Gasteiger partial charge in [0, 0.05) is 11.1 Å². The zero-order chi connectivity index (χ0) is 20.4. The van der Waals surface area contributed by atoms with Crippen molar-refractivity contribution in [2.24, 2.45) is 0 Å². The molecule has 4 amide bonds. The lowest BCUT2D eigenvalue weighted by Crippen LogP contribution is -2.52. The van der Waals surface area contributed by atoms with Gasteiger partial charge in [-0.2, -0.15) is 23.4 Å². The van der Waals surface area contributed by atoms with E-state index < -0.39 is 28.1 Å². The van der Waals surface area contributed by atoms with Crippen molar-refractivity contribution in [3.8, 4) is 11.8 Å². The van der Waals surface area contributed by atoms with Crippen LogP contribution in [0.1, 0.15) is 13.8 Å². The van der Waals surface area contributed by atoms with Gasteiger partial charge in [-0.1, -0.05) is 4.83 Å². The number of ether oxygens (including phenoxy) is 2. The van der Waals surface area contributed by atoms with Crippen LogP contribution < -0.4 is 24.3 Å². The molecule has 0 radical (unpaired) electrons. The first-order chi connectivity index (χ1) is 12.6. The maximum Gasteiger partial charge on any atom is 0.336 e. The first-order valence-electron chi connectivity index (χ1n) is 7.22. The number of amides is 4. The number of methoxy groups -OCH3 is 2. The number of hydrogen-bond acceptors (Lipinski definition) is 9. The highest BCUT2D eigenvalue weighted by molar-refractivity contribution is 7.88. The Labute approximate surface area is 153 Å². The second-order valence-electron chi connectivity index (χ2n) is 5.12. The highest BCUT2D eigenvalue weighted by Gasteiger charge is 2.36. The van der Waals surface area contributed by atoms with E-state index in [0.29, 0.717) is 0 Å². The summed E-state index contributed by atoms with van der Waals surface area (Å²) in [6.45, 7) is 2.75. The molecule has 1 aliphatic heterocycles. The summed E-state index contributed by atoms with van der Waals surface area (Å²) in [7, 11) is -1.96. The monoisotopic (exact) mass is 400 g/mol. The number of hydrogen-bond donors (Lipinski definition) is 3. The molecular formula is C13H16N6O7S. The number of nitrogens with zero attached hydrogens (tertiary/aromatic N) is 3. The molecule has 1 aliphatic rings. The summed E-state index contributed by atoms with van der Waals surface area (Å²) in [6, 6.07) is 0.0854. The fraction of sp³-hybridized carbons (Fsp3) is 0.308. The molecule has 3 N–H and O–H groups in total. The third-order valence-electron chi connectivity index (χ3n) is 3.37. The van der Waals surface area contributed by atoms with E-state index in [2.05, 4.69) is 15.3 Å². The number of anilines is 1. The topological polar surface area (TPSA) is 169 Å². The van der Waals surface area contributed by atoms with Gasteiger partial charge in [0.25, 0.3) is 11.8 Å². The molecule has 0 unspecified atom stereocenters. The van der Waals surface area contributed by atoms with Gasteiger partial charge in [-0.05, 0) is 13.8 Å². The van der Waals surface area contributed by atoms with Gasteiger partial charge in [-0.15, -0.1) is 0 Å². The summed E-state index contributed by atoms with van der Waals surface area (Å²) >= 11 is 0. The van der Waals surface area contributed by atoms with Gasteiger partial charge in [-0.3, -0.25) is 14.9 Å².